The van der Waals surface area contributed by atoms with Crippen molar-refractivity contribution in [3.63, 3.8) is 0 Å². The quantitative estimate of drug-likeness (QED) is 0.655. The van der Waals surface area contributed by atoms with E-state index in [1.54, 1.807) is 23.2 Å². The molecule has 2 aromatic heterocycles. The first kappa shape index (κ1) is 19.3. The second-order valence-electron chi connectivity index (χ2n) is 7.84. The number of halogens is 1. The first-order valence-electron chi connectivity index (χ1n) is 9.99. The molecule has 31 heavy (non-hydrogen) atoms. The van der Waals surface area contributed by atoms with Crippen molar-refractivity contribution in [1.29, 1.82) is 0 Å². The molecule has 1 saturated heterocycles. The van der Waals surface area contributed by atoms with E-state index in [1.807, 2.05) is 11.8 Å². The molecule has 4 heterocycles. The average molecular weight is 425 g/mol. The third-order valence-corrected chi connectivity index (χ3v) is 5.79. The second-order valence-corrected chi connectivity index (χ2v) is 7.84. The zero-order valence-electron chi connectivity index (χ0n) is 16.7. The molecule has 1 unspecified atom stereocenters. The van der Waals surface area contributed by atoms with Gasteiger partial charge < -0.3 is 24.6 Å². The molecule has 2 aliphatic rings. The van der Waals surface area contributed by atoms with E-state index >= 15 is 4.39 Å². The molecule has 0 aliphatic carbocycles. The van der Waals surface area contributed by atoms with Gasteiger partial charge in [0.2, 0.25) is 5.43 Å². The summed E-state index contributed by atoms with van der Waals surface area (Å²) in [4.78, 5) is 34.4. The summed E-state index contributed by atoms with van der Waals surface area (Å²) in [6.07, 6.45) is 6.91. The third-order valence-electron chi connectivity index (χ3n) is 5.79. The average Bonchev–Trinajstić information content (AvgIpc) is 3.20. The Bertz CT molecular complexity index is 1250. The van der Waals surface area contributed by atoms with Gasteiger partial charge >= 0.3 is 5.97 Å². The Balaban J connectivity index is 1.58. The minimum Gasteiger partial charge on any atom is -0.487 e. The second kappa shape index (κ2) is 7.22. The molecular weight excluding hydrogens is 405 g/mol. The number of nitrogens with one attached hydrogen (secondary N) is 1. The van der Waals surface area contributed by atoms with Crippen molar-refractivity contribution in [3.05, 3.63) is 52.5 Å². The van der Waals surface area contributed by atoms with Crippen LogP contribution >= 0.6 is 0 Å². The molecular formula is C21H20FN5O4. The number of pyridine rings is 1. The van der Waals surface area contributed by atoms with Crippen molar-refractivity contribution in [2.75, 3.05) is 29.9 Å². The van der Waals surface area contributed by atoms with E-state index in [-0.39, 0.29) is 35.4 Å². The Morgan fingerprint density at radius 1 is 1.39 bits per heavy atom. The molecule has 9 nitrogen and oxygen atoms in total. The van der Waals surface area contributed by atoms with Crippen molar-refractivity contribution < 1.29 is 19.0 Å². The number of carbonyl (C=O) groups is 1. The first-order chi connectivity index (χ1) is 14.9. The molecule has 0 spiro atoms. The van der Waals surface area contributed by atoms with Crippen LogP contribution in [-0.4, -0.2) is 51.3 Å². The molecule has 2 atom stereocenters. The Hall–Kier alpha value is -3.69. The standard InChI is InChI=1S/C21H20FN5O4/c1-11-10-31-20-17-13(19(28)14(21(29)30)9-27(11)17)6-15(22)18(20)26-5-2-12(8-26)25-16-7-23-3-4-24-16/h3-4,6-7,9,11-12H,2,5,8,10H2,1H3,(H,24,25)(H,29,30)/t11-,12?/m0/s1. The Kier molecular flexibility index (Phi) is 4.49. The molecule has 0 saturated carbocycles. The van der Waals surface area contributed by atoms with E-state index in [2.05, 4.69) is 15.3 Å². The summed E-state index contributed by atoms with van der Waals surface area (Å²) >= 11 is 0. The van der Waals surface area contributed by atoms with Gasteiger partial charge in [0.1, 0.15) is 23.7 Å². The predicted octanol–water partition coefficient (Wildman–Crippen LogP) is 2.27. The number of benzene rings is 1. The van der Waals surface area contributed by atoms with Crippen molar-refractivity contribution in [3.8, 4) is 5.75 Å². The summed E-state index contributed by atoms with van der Waals surface area (Å²) in [7, 11) is 0. The maximum absolute atomic E-state index is 15.3. The minimum absolute atomic E-state index is 0.0103. The van der Waals surface area contributed by atoms with Gasteiger partial charge in [-0.25, -0.2) is 14.2 Å². The number of nitrogens with zero attached hydrogens (tertiary/aromatic N) is 4. The highest BCUT2D eigenvalue weighted by Gasteiger charge is 2.33. The van der Waals surface area contributed by atoms with Crippen LogP contribution in [0.4, 0.5) is 15.9 Å². The highest BCUT2D eigenvalue weighted by molar-refractivity contribution is 5.97. The Labute approximate surface area is 176 Å². The van der Waals surface area contributed by atoms with E-state index in [0.29, 0.717) is 30.1 Å². The van der Waals surface area contributed by atoms with Gasteiger partial charge in [0.25, 0.3) is 0 Å². The molecule has 1 fully saturated rings. The molecule has 2 aliphatic heterocycles. The lowest BCUT2D eigenvalue weighted by Crippen LogP contribution is -2.30. The number of aromatic carboxylic acids is 1. The van der Waals surface area contributed by atoms with E-state index in [9.17, 15) is 14.7 Å². The monoisotopic (exact) mass is 425 g/mol. The SMILES string of the molecule is C[C@H]1COc2c(N3CCC(Nc4cnccn4)C3)c(F)cc3c(=O)c(C(=O)O)cn1c23. The highest BCUT2D eigenvalue weighted by atomic mass is 19.1. The number of ether oxygens (including phenoxy) is 1. The molecule has 0 amide bonds. The maximum atomic E-state index is 15.3. The number of rotatable bonds is 4. The number of hydrogen-bond acceptors (Lipinski definition) is 7. The van der Waals surface area contributed by atoms with Crippen LogP contribution in [0.2, 0.25) is 0 Å². The maximum Gasteiger partial charge on any atom is 0.341 e. The number of carboxylic acids is 1. The number of aromatic nitrogens is 3. The van der Waals surface area contributed by atoms with E-state index in [1.165, 1.54) is 6.20 Å². The molecule has 160 valence electrons. The Morgan fingerprint density at radius 2 is 2.23 bits per heavy atom. The van der Waals surface area contributed by atoms with Gasteiger partial charge in [0, 0.05) is 37.7 Å². The fraction of sp³-hybridized carbons (Fsp3) is 0.333. The first-order valence-corrected chi connectivity index (χ1v) is 9.99. The van der Waals surface area contributed by atoms with Gasteiger partial charge in [-0.05, 0) is 19.4 Å². The lowest BCUT2D eigenvalue weighted by molar-refractivity contribution is 0.0694. The van der Waals surface area contributed by atoms with Gasteiger partial charge in [-0.15, -0.1) is 0 Å². The third kappa shape index (κ3) is 3.15. The molecule has 5 rings (SSSR count). The molecule has 0 bridgehead atoms. The molecule has 3 aromatic rings. The number of hydrogen-bond donors (Lipinski definition) is 2. The summed E-state index contributed by atoms with van der Waals surface area (Å²) < 4.78 is 22.9. The van der Waals surface area contributed by atoms with Gasteiger partial charge in [0.15, 0.2) is 11.6 Å². The summed E-state index contributed by atoms with van der Waals surface area (Å²) in [5, 5.41) is 12.7. The van der Waals surface area contributed by atoms with Crippen LogP contribution in [0, 0.1) is 5.82 Å². The Morgan fingerprint density at radius 3 is 2.97 bits per heavy atom. The summed E-state index contributed by atoms with van der Waals surface area (Å²) in [6.45, 7) is 3.21. The largest absolute Gasteiger partial charge is 0.487 e. The summed E-state index contributed by atoms with van der Waals surface area (Å²) in [5.41, 5.74) is -0.380. The van der Waals surface area contributed by atoms with Crippen LogP contribution in [0.1, 0.15) is 29.7 Å². The van der Waals surface area contributed by atoms with Crippen molar-refractivity contribution in [1.82, 2.24) is 14.5 Å². The van der Waals surface area contributed by atoms with Crippen LogP contribution in [0.15, 0.2) is 35.6 Å². The zero-order chi connectivity index (χ0) is 21.7. The molecule has 1 aromatic carbocycles. The van der Waals surface area contributed by atoms with E-state index < -0.39 is 17.2 Å². The van der Waals surface area contributed by atoms with E-state index in [0.717, 1.165) is 12.5 Å². The molecule has 10 heteroatoms. The van der Waals surface area contributed by atoms with Gasteiger partial charge in [0.05, 0.1) is 23.1 Å². The van der Waals surface area contributed by atoms with Crippen LogP contribution < -0.4 is 20.4 Å². The van der Waals surface area contributed by atoms with Crippen molar-refractivity contribution in [2.45, 2.75) is 25.4 Å². The van der Waals surface area contributed by atoms with Crippen LogP contribution in [-0.2, 0) is 0 Å². The smallest absolute Gasteiger partial charge is 0.341 e. The van der Waals surface area contributed by atoms with Crippen LogP contribution in [0.5, 0.6) is 5.75 Å². The summed E-state index contributed by atoms with van der Waals surface area (Å²) in [6, 6.07) is 0.972. The van der Waals surface area contributed by atoms with E-state index in [4.69, 9.17) is 4.74 Å². The van der Waals surface area contributed by atoms with Crippen molar-refractivity contribution in [2.24, 2.45) is 0 Å². The fourth-order valence-electron chi connectivity index (χ4n) is 4.32. The van der Waals surface area contributed by atoms with Gasteiger partial charge in [-0.3, -0.25) is 9.78 Å². The normalized spacial score (nSPS) is 20.0. The lowest BCUT2D eigenvalue weighted by Gasteiger charge is -2.31. The molecule has 2 N–H and O–H groups in total. The summed E-state index contributed by atoms with van der Waals surface area (Å²) in [5.74, 6) is -1.02. The van der Waals surface area contributed by atoms with Crippen LogP contribution in [0.3, 0.4) is 0 Å². The van der Waals surface area contributed by atoms with Crippen molar-refractivity contribution >= 4 is 28.4 Å². The zero-order valence-corrected chi connectivity index (χ0v) is 16.7. The topological polar surface area (TPSA) is 110 Å². The van der Waals surface area contributed by atoms with Gasteiger partial charge in [-0.1, -0.05) is 0 Å². The highest BCUT2D eigenvalue weighted by Crippen LogP contribution is 2.42. The van der Waals surface area contributed by atoms with Gasteiger partial charge in [-0.2, -0.15) is 0 Å². The fourth-order valence-corrected chi connectivity index (χ4v) is 4.32. The number of anilines is 2. The number of carboxylic acid groups (broad SMARTS) is 1. The lowest BCUT2D eigenvalue weighted by atomic mass is 10.1. The molecule has 0 radical (unpaired) electrons. The minimum atomic E-state index is -1.34. The predicted molar refractivity (Wildman–Crippen MR) is 112 cm³/mol. The van der Waals surface area contributed by atoms with Crippen LogP contribution in [0.25, 0.3) is 10.9 Å².